The SMILES string of the molecule is CC1(C)CCCC(C)(C)N1OC1C[C@@H](C(O)(c2ccccc2)c2ccccc2)N(C/C=C/c2ccccc2)C1=O. The average molecular weight is 539 g/mol. The van der Waals surface area contributed by atoms with Crippen molar-refractivity contribution in [3.05, 3.63) is 114 Å². The molecule has 2 atom stereocenters. The van der Waals surface area contributed by atoms with Crippen molar-refractivity contribution in [3.8, 4) is 0 Å². The molecule has 1 N–H and O–H groups in total. The smallest absolute Gasteiger partial charge is 0.254 e. The van der Waals surface area contributed by atoms with E-state index >= 15 is 0 Å². The molecule has 1 unspecified atom stereocenters. The second-order valence-corrected chi connectivity index (χ2v) is 12.4. The van der Waals surface area contributed by atoms with Crippen molar-refractivity contribution in [2.24, 2.45) is 0 Å². The molecule has 3 aromatic carbocycles. The number of nitrogens with zero attached hydrogens (tertiary/aromatic N) is 2. The zero-order chi connectivity index (χ0) is 28.4. The summed E-state index contributed by atoms with van der Waals surface area (Å²) in [4.78, 5) is 22.7. The van der Waals surface area contributed by atoms with E-state index in [0.29, 0.717) is 13.0 Å². The minimum absolute atomic E-state index is 0.0924. The highest BCUT2D eigenvalue weighted by atomic mass is 16.7. The van der Waals surface area contributed by atoms with Gasteiger partial charge in [0.05, 0.1) is 6.04 Å². The van der Waals surface area contributed by atoms with Gasteiger partial charge in [-0.1, -0.05) is 103 Å². The number of hydroxylamine groups is 2. The first kappa shape index (κ1) is 28.3. The Morgan fingerprint density at radius 1 is 0.850 bits per heavy atom. The lowest BCUT2D eigenvalue weighted by Gasteiger charge is -2.51. The van der Waals surface area contributed by atoms with Crippen molar-refractivity contribution in [1.82, 2.24) is 9.96 Å². The average Bonchev–Trinajstić information content (AvgIpc) is 3.27. The van der Waals surface area contributed by atoms with Gasteiger partial charge in [0.1, 0.15) is 5.60 Å². The molecule has 5 rings (SSSR count). The number of likely N-dealkylation sites (tertiary alicyclic amines) is 1. The van der Waals surface area contributed by atoms with Gasteiger partial charge in [-0.15, -0.1) is 0 Å². The number of hydrogen-bond donors (Lipinski definition) is 1. The maximum atomic E-state index is 14.2. The van der Waals surface area contributed by atoms with E-state index in [2.05, 4.69) is 32.8 Å². The molecule has 2 heterocycles. The number of benzene rings is 3. The minimum atomic E-state index is -1.41. The van der Waals surface area contributed by atoms with E-state index in [-0.39, 0.29) is 17.0 Å². The van der Waals surface area contributed by atoms with Crippen LogP contribution in [0.4, 0.5) is 0 Å². The zero-order valence-corrected chi connectivity index (χ0v) is 24.2. The van der Waals surface area contributed by atoms with E-state index < -0.39 is 17.7 Å². The summed E-state index contributed by atoms with van der Waals surface area (Å²) in [6, 6.07) is 29.0. The molecule has 0 saturated carbocycles. The van der Waals surface area contributed by atoms with E-state index in [1.165, 1.54) is 0 Å². The van der Waals surface area contributed by atoms with Gasteiger partial charge in [-0.3, -0.25) is 9.63 Å². The normalized spacial score (nSPS) is 23.1. The summed E-state index contributed by atoms with van der Waals surface area (Å²) in [6.45, 7) is 9.13. The van der Waals surface area contributed by atoms with Gasteiger partial charge < -0.3 is 10.0 Å². The Morgan fingerprint density at radius 3 is 1.88 bits per heavy atom. The Morgan fingerprint density at radius 2 is 1.35 bits per heavy atom. The number of aliphatic hydroxyl groups is 1. The van der Waals surface area contributed by atoms with Gasteiger partial charge in [-0.2, -0.15) is 5.06 Å². The van der Waals surface area contributed by atoms with Crippen LogP contribution >= 0.6 is 0 Å². The third-order valence-electron chi connectivity index (χ3n) is 8.60. The van der Waals surface area contributed by atoms with Gasteiger partial charge in [-0.05, 0) is 63.6 Å². The molecule has 0 radical (unpaired) electrons. The van der Waals surface area contributed by atoms with Crippen molar-refractivity contribution in [2.75, 3.05) is 6.54 Å². The fourth-order valence-corrected chi connectivity index (χ4v) is 6.66. The lowest BCUT2D eigenvalue weighted by atomic mass is 9.79. The summed E-state index contributed by atoms with van der Waals surface area (Å²) in [7, 11) is 0. The lowest BCUT2D eigenvalue weighted by molar-refractivity contribution is -0.297. The molecule has 2 fully saturated rings. The van der Waals surface area contributed by atoms with E-state index in [4.69, 9.17) is 4.84 Å². The topological polar surface area (TPSA) is 53.0 Å². The minimum Gasteiger partial charge on any atom is -0.378 e. The number of rotatable bonds is 8. The maximum Gasteiger partial charge on any atom is 0.254 e. The maximum absolute atomic E-state index is 14.2. The Kier molecular flexibility index (Phi) is 8.01. The van der Waals surface area contributed by atoms with E-state index in [9.17, 15) is 9.90 Å². The van der Waals surface area contributed by atoms with Crippen LogP contribution in [0, 0.1) is 0 Å². The molecule has 5 heteroatoms. The van der Waals surface area contributed by atoms with Crippen LogP contribution in [0.15, 0.2) is 97.1 Å². The van der Waals surface area contributed by atoms with Gasteiger partial charge in [0.15, 0.2) is 6.10 Å². The molecule has 0 aliphatic carbocycles. The molecule has 2 saturated heterocycles. The number of piperidine rings is 1. The van der Waals surface area contributed by atoms with Crippen LogP contribution in [0.3, 0.4) is 0 Å². The molecule has 40 heavy (non-hydrogen) atoms. The Balaban J connectivity index is 1.54. The summed E-state index contributed by atoms with van der Waals surface area (Å²) in [5.74, 6) is -0.0924. The van der Waals surface area contributed by atoms with Gasteiger partial charge in [0.25, 0.3) is 5.91 Å². The molecular weight excluding hydrogens is 496 g/mol. The summed E-state index contributed by atoms with van der Waals surface area (Å²) >= 11 is 0. The Bertz CT molecular complexity index is 1250. The van der Waals surface area contributed by atoms with Crippen LogP contribution in [0.25, 0.3) is 6.08 Å². The molecule has 0 bridgehead atoms. The lowest BCUT2D eigenvalue weighted by Crippen LogP contribution is -2.59. The Hall–Kier alpha value is -3.25. The summed E-state index contributed by atoms with van der Waals surface area (Å²) in [5, 5.41) is 14.8. The second kappa shape index (κ2) is 11.3. The van der Waals surface area contributed by atoms with Crippen LogP contribution < -0.4 is 0 Å². The van der Waals surface area contributed by atoms with Gasteiger partial charge >= 0.3 is 0 Å². The van der Waals surface area contributed by atoms with E-state index in [0.717, 1.165) is 36.0 Å². The molecule has 1 amide bonds. The van der Waals surface area contributed by atoms with Crippen LogP contribution in [0.2, 0.25) is 0 Å². The standard InChI is InChI=1S/C35H42N2O3/c1-33(2)23-15-24-34(3,4)37(33)40-30-26-31(36(32(30)38)25-14-18-27-16-8-5-9-17-27)35(39,28-19-10-6-11-20-28)29-21-12-7-13-22-29/h5-14,16-22,30-31,39H,15,23-26H2,1-4H3/b18-14+/t30?,31-/m0/s1. The second-order valence-electron chi connectivity index (χ2n) is 12.4. The fraction of sp³-hybridized carbons (Fsp3) is 0.400. The van der Waals surface area contributed by atoms with Crippen LogP contribution in [-0.4, -0.2) is 50.7 Å². The highest BCUT2D eigenvalue weighted by Crippen LogP contribution is 2.44. The summed E-state index contributed by atoms with van der Waals surface area (Å²) < 4.78 is 0. The van der Waals surface area contributed by atoms with Gasteiger partial charge in [0.2, 0.25) is 0 Å². The number of carbonyl (C=O) groups excluding carboxylic acids is 1. The zero-order valence-electron chi connectivity index (χ0n) is 24.2. The van der Waals surface area contributed by atoms with Crippen molar-refractivity contribution >= 4 is 12.0 Å². The quantitative estimate of drug-likeness (QED) is 0.352. The van der Waals surface area contributed by atoms with Crippen molar-refractivity contribution in [2.45, 2.75) is 82.2 Å². The number of hydrogen-bond acceptors (Lipinski definition) is 4. The van der Waals surface area contributed by atoms with Gasteiger partial charge in [-0.25, -0.2) is 0 Å². The monoisotopic (exact) mass is 538 g/mol. The van der Waals surface area contributed by atoms with E-state index in [1.807, 2.05) is 108 Å². The third kappa shape index (κ3) is 5.51. The highest BCUT2D eigenvalue weighted by molar-refractivity contribution is 5.84. The predicted molar refractivity (Wildman–Crippen MR) is 160 cm³/mol. The fourth-order valence-electron chi connectivity index (χ4n) is 6.66. The highest BCUT2D eigenvalue weighted by Gasteiger charge is 2.54. The molecule has 210 valence electrons. The first-order valence-corrected chi connectivity index (χ1v) is 14.5. The molecule has 0 aromatic heterocycles. The van der Waals surface area contributed by atoms with Crippen molar-refractivity contribution < 1.29 is 14.7 Å². The molecule has 0 spiro atoms. The molecular formula is C35H42N2O3. The first-order chi connectivity index (χ1) is 19.1. The van der Waals surface area contributed by atoms with Gasteiger partial charge in [0, 0.05) is 24.0 Å². The van der Waals surface area contributed by atoms with Crippen LogP contribution in [-0.2, 0) is 15.2 Å². The van der Waals surface area contributed by atoms with Crippen LogP contribution in [0.5, 0.6) is 0 Å². The summed E-state index contributed by atoms with van der Waals surface area (Å²) in [6.07, 6.45) is 6.85. The molecule has 3 aromatic rings. The third-order valence-corrected chi connectivity index (χ3v) is 8.60. The Labute approximate surface area is 239 Å². The molecule has 5 nitrogen and oxygen atoms in total. The molecule has 2 aliphatic rings. The number of carbonyl (C=O) groups is 1. The number of amides is 1. The summed E-state index contributed by atoms with van der Waals surface area (Å²) in [5.41, 5.74) is 0.770. The predicted octanol–water partition coefficient (Wildman–Crippen LogP) is 6.58. The van der Waals surface area contributed by atoms with E-state index in [1.54, 1.807) is 0 Å². The van der Waals surface area contributed by atoms with Crippen molar-refractivity contribution in [3.63, 3.8) is 0 Å². The van der Waals surface area contributed by atoms with Crippen LogP contribution in [0.1, 0.15) is 70.1 Å². The largest absolute Gasteiger partial charge is 0.378 e. The molecule has 2 aliphatic heterocycles. The van der Waals surface area contributed by atoms with Crippen molar-refractivity contribution in [1.29, 1.82) is 0 Å². The first-order valence-electron chi connectivity index (χ1n) is 14.5.